The Kier molecular flexibility index (Phi) is 12.8. The number of benzene rings is 1. The molecule has 1 aromatic carbocycles. The van der Waals surface area contributed by atoms with Crippen LogP contribution in [0.15, 0.2) is 23.2 Å². The SMILES string of the molecule is CCNC(=NCc1ccc(Cl)cc1OCC)NCCCOC1CCOC1.I. The van der Waals surface area contributed by atoms with E-state index in [0.29, 0.717) is 18.2 Å². The molecule has 8 heteroatoms. The summed E-state index contributed by atoms with van der Waals surface area (Å²) >= 11 is 6.05. The maximum absolute atomic E-state index is 6.05. The first-order valence-electron chi connectivity index (χ1n) is 9.35. The minimum atomic E-state index is 0. The lowest BCUT2D eigenvalue weighted by Crippen LogP contribution is -2.38. The van der Waals surface area contributed by atoms with Crippen molar-refractivity contribution in [2.45, 2.75) is 39.3 Å². The molecule has 0 bridgehead atoms. The number of guanidine groups is 1. The molecule has 2 rings (SSSR count). The van der Waals surface area contributed by atoms with Crippen molar-refractivity contribution in [2.24, 2.45) is 4.99 Å². The minimum Gasteiger partial charge on any atom is -0.493 e. The number of hydrogen-bond acceptors (Lipinski definition) is 4. The van der Waals surface area contributed by atoms with E-state index in [1.165, 1.54) is 0 Å². The van der Waals surface area contributed by atoms with Crippen LogP contribution in [0.5, 0.6) is 5.75 Å². The first-order chi connectivity index (χ1) is 12.7. The fourth-order valence-electron chi connectivity index (χ4n) is 2.63. The zero-order valence-corrected chi connectivity index (χ0v) is 19.2. The van der Waals surface area contributed by atoms with Crippen LogP contribution in [0.3, 0.4) is 0 Å². The summed E-state index contributed by atoms with van der Waals surface area (Å²) < 4.78 is 16.7. The topological polar surface area (TPSA) is 64.1 Å². The van der Waals surface area contributed by atoms with Crippen molar-refractivity contribution in [3.8, 4) is 5.75 Å². The minimum absolute atomic E-state index is 0. The number of halogens is 2. The highest BCUT2D eigenvalue weighted by Gasteiger charge is 2.15. The number of ether oxygens (including phenoxy) is 3. The van der Waals surface area contributed by atoms with Gasteiger partial charge in [0, 0.05) is 36.9 Å². The number of nitrogens with one attached hydrogen (secondary N) is 2. The van der Waals surface area contributed by atoms with Crippen LogP contribution in [-0.2, 0) is 16.0 Å². The van der Waals surface area contributed by atoms with Gasteiger partial charge in [0.25, 0.3) is 0 Å². The zero-order valence-electron chi connectivity index (χ0n) is 16.1. The molecule has 0 aliphatic carbocycles. The molecule has 0 radical (unpaired) electrons. The van der Waals surface area contributed by atoms with Gasteiger partial charge in [0.15, 0.2) is 5.96 Å². The van der Waals surface area contributed by atoms with Gasteiger partial charge in [0.1, 0.15) is 5.75 Å². The lowest BCUT2D eigenvalue weighted by molar-refractivity contribution is 0.0420. The number of hydrogen-bond donors (Lipinski definition) is 2. The molecule has 1 aromatic rings. The molecule has 1 heterocycles. The van der Waals surface area contributed by atoms with Gasteiger partial charge in [-0.1, -0.05) is 17.7 Å². The lowest BCUT2D eigenvalue weighted by Gasteiger charge is -2.14. The molecule has 1 aliphatic heterocycles. The third kappa shape index (κ3) is 9.32. The van der Waals surface area contributed by atoms with E-state index < -0.39 is 0 Å². The summed E-state index contributed by atoms with van der Waals surface area (Å²) in [7, 11) is 0. The van der Waals surface area contributed by atoms with E-state index in [-0.39, 0.29) is 30.1 Å². The van der Waals surface area contributed by atoms with Gasteiger partial charge < -0.3 is 24.8 Å². The molecule has 27 heavy (non-hydrogen) atoms. The van der Waals surface area contributed by atoms with Gasteiger partial charge in [-0.2, -0.15) is 0 Å². The Morgan fingerprint density at radius 1 is 1.33 bits per heavy atom. The van der Waals surface area contributed by atoms with Gasteiger partial charge in [0.05, 0.1) is 25.9 Å². The first-order valence-corrected chi connectivity index (χ1v) is 9.73. The fourth-order valence-corrected chi connectivity index (χ4v) is 2.79. The molecule has 1 fully saturated rings. The Bertz CT molecular complexity index is 569. The Balaban J connectivity index is 0.00000364. The Morgan fingerprint density at radius 2 is 2.19 bits per heavy atom. The maximum atomic E-state index is 6.05. The van der Waals surface area contributed by atoms with E-state index in [2.05, 4.69) is 15.6 Å². The van der Waals surface area contributed by atoms with Crippen LogP contribution < -0.4 is 15.4 Å². The monoisotopic (exact) mass is 511 g/mol. The van der Waals surface area contributed by atoms with Crippen LogP contribution in [0, 0.1) is 0 Å². The summed E-state index contributed by atoms with van der Waals surface area (Å²) in [5.41, 5.74) is 1.01. The summed E-state index contributed by atoms with van der Waals surface area (Å²) in [5.74, 6) is 1.57. The molecule has 2 N–H and O–H groups in total. The van der Waals surface area contributed by atoms with Crippen molar-refractivity contribution < 1.29 is 14.2 Å². The van der Waals surface area contributed by atoms with Crippen molar-refractivity contribution in [1.29, 1.82) is 0 Å². The van der Waals surface area contributed by atoms with E-state index in [4.69, 9.17) is 25.8 Å². The molecule has 0 saturated carbocycles. The van der Waals surface area contributed by atoms with E-state index in [1.807, 2.05) is 32.0 Å². The summed E-state index contributed by atoms with van der Waals surface area (Å²) in [6, 6.07) is 5.65. The third-order valence-corrected chi connectivity index (χ3v) is 4.17. The molecule has 0 aromatic heterocycles. The Morgan fingerprint density at radius 3 is 2.89 bits per heavy atom. The van der Waals surface area contributed by atoms with E-state index in [1.54, 1.807) is 0 Å². The average Bonchev–Trinajstić information content (AvgIpc) is 3.14. The van der Waals surface area contributed by atoms with Gasteiger partial charge in [-0.25, -0.2) is 4.99 Å². The van der Waals surface area contributed by atoms with Crippen LogP contribution in [0.2, 0.25) is 5.02 Å². The normalized spacial score (nSPS) is 16.7. The van der Waals surface area contributed by atoms with Crippen LogP contribution in [0.1, 0.15) is 32.3 Å². The van der Waals surface area contributed by atoms with Crippen molar-refractivity contribution in [1.82, 2.24) is 10.6 Å². The number of rotatable bonds is 10. The molecular weight excluding hydrogens is 481 g/mol. The summed E-state index contributed by atoms with van der Waals surface area (Å²) in [6.07, 6.45) is 2.19. The number of nitrogens with zero attached hydrogens (tertiary/aromatic N) is 1. The van der Waals surface area contributed by atoms with E-state index in [9.17, 15) is 0 Å². The molecule has 6 nitrogen and oxygen atoms in total. The largest absolute Gasteiger partial charge is 0.493 e. The zero-order chi connectivity index (χ0) is 18.6. The van der Waals surface area contributed by atoms with Gasteiger partial charge in [-0.15, -0.1) is 24.0 Å². The highest BCUT2D eigenvalue weighted by Crippen LogP contribution is 2.24. The third-order valence-electron chi connectivity index (χ3n) is 3.94. The molecule has 0 amide bonds. The first kappa shape index (κ1) is 24.3. The van der Waals surface area contributed by atoms with E-state index >= 15 is 0 Å². The van der Waals surface area contributed by atoms with Gasteiger partial charge in [0.2, 0.25) is 0 Å². The fraction of sp³-hybridized carbons (Fsp3) is 0.632. The summed E-state index contributed by atoms with van der Waals surface area (Å²) in [5, 5.41) is 7.26. The van der Waals surface area contributed by atoms with Crippen LogP contribution in [0.4, 0.5) is 0 Å². The predicted molar refractivity (Wildman–Crippen MR) is 121 cm³/mol. The summed E-state index contributed by atoms with van der Waals surface area (Å²) in [4.78, 5) is 4.64. The van der Waals surface area contributed by atoms with Crippen molar-refractivity contribution in [3.63, 3.8) is 0 Å². The second-order valence-electron chi connectivity index (χ2n) is 6.02. The van der Waals surface area contributed by atoms with Gasteiger partial charge in [-0.3, -0.25) is 0 Å². The van der Waals surface area contributed by atoms with Crippen LogP contribution >= 0.6 is 35.6 Å². The quantitative estimate of drug-likeness (QED) is 0.217. The van der Waals surface area contributed by atoms with Crippen LogP contribution in [0.25, 0.3) is 0 Å². The molecule has 1 saturated heterocycles. The molecule has 1 unspecified atom stereocenters. The molecule has 0 spiro atoms. The Labute approximate surface area is 184 Å². The molecule has 1 atom stereocenters. The lowest BCUT2D eigenvalue weighted by atomic mass is 10.2. The second-order valence-corrected chi connectivity index (χ2v) is 6.45. The highest BCUT2D eigenvalue weighted by molar-refractivity contribution is 14.0. The van der Waals surface area contributed by atoms with Crippen molar-refractivity contribution in [2.75, 3.05) is 39.5 Å². The molecule has 154 valence electrons. The standard InChI is InChI=1S/C19H30ClN3O3.HI/c1-3-21-19(22-9-5-10-26-17-8-11-24-14-17)23-13-15-6-7-16(20)12-18(15)25-4-2;/h6-7,12,17H,3-5,8-11,13-14H2,1-2H3,(H2,21,22,23);1H. The van der Waals surface area contributed by atoms with Gasteiger partial charge >= 0.3 is 0 Å². The highest BCUT2D eigenvalue weighted by atomic mass is 127. The maximum Gasteiger partial charge on any atom is 0.191 e. The second kappa shape index (κ2) is 14.3. The summed E-state index contributed by atoms with van der Waals surface area (Å²) in [6.45, 7) is 9.01. The smallest absolute Gasteiger partial charge is 0.191 e. The number of aliphatic imine (C=N–C) groups is 1. The predicted octanol–water partition coefficient (Wildman–Crippen LogP) is 3.61. The van der Waals surface area contributed by atoms with E-state index in [0.717, 1.165) is 63.0 Å². The average molecular weight is 512 g/mol. The van der Waals surface area contributed by atoms with Crippen molar-refractivity contribution >= 4 is 41.5 Å². The Hall–Kier alpha value is -0.770. The van der Waals surface area contributed by atoms with Crippen LogP contribution in [-0.4, -0.2) is 51.6 Å². The molecular formula is C19H31ClIN3O3. The molecule has 1 aliphatic rings. The van der Waals surface area contributed by atoms with Gasteiger partial charge in [-0.05, 0) is 38.8 Å². The van der Waals surface area contributed by atoms with Crippen molar-refractivity contribution in [3.05, 3.63) is 28.8 Å².